The number of hydrogen-bond acceptors (Lipinski definition) is 2. The molecule has 0 aliphatic carbocycles. The monoisotopic (exact) mass is 250 g/mol. The van der Waals surface area contributed by atoms with Gasteiger partial charge in [0.25, 0.3) is 5.91 Å². The van der Waals surface area contributed by atoms with Crippen LogP contribution in [0, 0.1) is 0 Å². The SMILES string of the molecule is CC(C)(C)S(=O)/N=C1\C(=O)Nc2ccccc21. The summed E-state index contributed by atoms with van der Waals surface area (Å²) in [7, 11) is -1.43. The smallest absolute Gasteiger partial charge is 0.275 e. The Labute approximate surface area is 103 Å². The van der Waals surface area contributed by atoms with Gasteiger partial charge < -0.3 is 5.32 Å². The van der Waals surface area contributed by atoms with Gasteiger partial charge in [-0.15, -0.1) is 0 Å². The molecule has 1 heterocycles. The molecule has 1 amide bonds. The topological polar surface area (TPSA) is 58.5 Å². The third kappa shape index (κ3) is 2.29. The van der Waals surface area contributed by atoms with E-state index < -0.39 is 15.7 Å². The van der Waals surface area contributed by atoms with Gasteiger partial charge in [-0.05, 0) is 26.8 Å². The highest BCUT2D eigenvalue weighted by Gasteiger charge is 2.28. The number of rotatable bonds is 1. The molecule has 90 valence electrons. The highest BCUT2D eigenvalue weighted by Crippen LogP contribution is 2.24. The highest BCUT2D eigenvalue weighted by molar-refractivity contribution is 7.85. The summed E-state index contributed by atoms with van der Waals surface area (Å²) in [5.74, 6) is -0.288. The Morgan fingerprint density at radius 3 is 2.53 bits per heavy atom. The van der Waals surface area contributed by atoms with Crippen LogP contribution >= 0.6 is 0 Å². The molecule has 0 bridgehead atoms. The molecule has 0 saturated heterocycles. The maximum Gasteiger partial charge on any atom is 0.275 e. The molecule has 1 aromatic rings. The number of amides is 1. The first kappa shape index (κ1) is 12.0. The maximum atomic E-state index is 11.9. The quantitative estimate of drug-likeness (QED) is 0.827. The van der Waals surface area contributed by atoms with E-state index in [0.29, 0.717) is 0 Å². The third-order valence-electron chi connectivity index (χ3n) is 2.34. The molecular weight excluding hydrogens is 236 g/mol. The van der Waals surface area contributed by atoms with Crippen LogP contribution < -0.4 is 5.32 Å². The van der Waals surface area contributed by atoms with E-state index in [4.69, 9.17) is 0 Å². The largest absolute Gasteiger partial charge is 0.320 e. The Morgan fingerprint density at radius 1 is 1.24 bits per heavy atom. The summed E-state index contributed by atoms with van der Waals surface area (Å²) in [4.78, 5) is 11.7. The van der Waals surface area contributed by atoms with Gasteiger partial charge in [0, 0.05) is 5.56 Å². The van der Waals surface area contributed by atoms with E-state index in [1.54, 1.807) is 12.1 Å². The molecule has 1 atom stereocenters. The third-order valence-corrected chi connectivity index (χ3v) is 3.74. The zero-order chi connectivity index (χ0) is 12.6. The van der Waals surface area contributed by atoms with E-state index in [-0.39, 0.29) is 11.6 Å². The summed E-state index contributed by atoms with van der Waals surface area (Å²) in [5, 5.41) is 2.70. The molecule has 0 aromatic heterocycles. The molecule has 4 nitrogen and oxygen atoms in total. The molecule has 0 spiro atoms. The van der Waals surface area contributed by atoms with Crippen molar-refractivity contribution in [3.8, 4) is 0 Å². The van der Waals surface area contributed by atoms with Gasteiger partial charge in [0.1, 0.15) is 16.7 Å². The summed E-state index contributed by atoms with van der Waals surface area (Å²) >= 11 is 0. The number of carbonyl (C=O) groups excluding carboxylic acids is 1. The lowest BCUT2D eigenvalue weighted by Crippen LogP contribution is -2.23. The molecule has 1 unspecified atom stereocenters. The van der Waals surface area contributed by atoms with Crippen molar-refractivity contribution in [1.82, 2.24) is 0 Å². The van der Waals surface area contributed by atoms with E-state index in [0.717, 1.165) is 11.3 Å². The number of hydrogen-bond donors (Lipinski definition) is 1. The highest BCUT2D eigenvalue weighted by atomic mass is 32.2. The summed E-state index contributed by atoms with van der Waals surface area (Å²) < 4.78 is 15.5. The molecule has 0 radical (unpaired) electrons. The van der Waals surface area contributed by atoms with Crippen LogP contribution in [0.3, 0.4) is 0 Å². The number of fused-ring (bicyclic) bond motifs is 1. The molecule has 1 aromatic carbocycles. The van der Waals surface area contributed by atoms with Crippen LogP contribution in [0.1, 0.15) is 26.3 Å². The average Bonchev–Trinajstić information content (AvgIpc) is 2.54. The van der Waals surface area contributed by atoms with Crippen molar-refractivity contribution in [2.75, 3.05) is 5.32 Å². The molecule has 1 aliphatic rings. The van der Waals surface area contributed by atoms with Gasteiger partial charge in [0.05, 0.1) is 10.4 Å². The van der Waals surface area contributed by atoms with Crippen molar-refractivity contribution >= 4 is 28.3 Å². The standard InChI is InChI=1S/C12H14N2O2S/c1-12(2,3)17(16)14-10-8-6-4-5-7-9(8)13-11(10)15/h4-7H,1-3H3,(H,13,14,15). The first-order valence-electron chi connectivity index (χ1n) is 5.31. The maximum absolute atomic E-state index is 11.9. The van der Waals surface area contributed by atoms with Crippen LogP contribution in [0.25, 0.3) is 0 Å². The number of benzene rings is 1. The Kier molecular flexibility index (Phi) is 2.87. The van der Waals surface area contributed by atoms with Gasteiger partial charge in [-0.2, -0.15) is 4.40 Å². The molecular formula is C12H14N2O2S. The summed E-state index contributed by atoms with van der Waals surface area (Å²) in [5.41, 5.74) is 1.70. The van der Waals surface area contributed by atoms with Gasteiger partial charge >= 0.3 is 0 Å². The minimum absolute atomic E-state index is 0.258. The minimum Gasteiger partial charge on any atom is -0.320 e. The Morgan fingerprint density at radius 2 is 1.88 bits per heavy atom. The summed E-state index contributed by atoms with van der Waals surface area (Å²) in [6, 6.07) is 7.26. The van der Waals surface area contributed by atoms with E-state index in [1.807, 2.05) is 32.9 Å². The van der Waals surface area contributed by atoms with E-state index in [1.165, 1.54) is 0 Å². The van der Waals surface area contributed by atoms with Crippen LogP contribution in [0.4, 0.5) is 5.69 Å². The van der Waals surface area contributed by atoms with Crippen LogP contribution in [0.15, 0.2) is 28.7 Å². The zero-order valence-corrected chi connectivity index (χ0v) is 10.8. The molecule has 2 rings (SSSR count). The predicted molar refractivity (Wildman–Crippen MR) is 69.5 cm³/mol. The molecule has 1 aliphatic heterocycles. The number of anilines is 1. The van der Waals surface area contributed by atoms with Gasteiger partial charge in [-0.25, -0.2) is 4.21 Å². The second-order valence-electron chi connectivity index (χ2n) is 4.80. The van der Waals surface area contributed by atoms with Crippen molar-refractivity contribution in [3.63, 3.8) is 0 Å². The van der Waals surface area contributed by atoms with Crippen molar-refractivity contribution < 1.29 is 9.00 Å². The average molecular weight is 250 g/mol. The normalized spacial score (nSPS) is 19.0. The lowest BCUT2D eigenvalue weighted by molar-refractivity contribution is -0.110. The minimum atomic E-state index is -1.43. The number of nitrogens with zero attached hydrogens (tertiary/aromatic N) is 1. The first-order valence-corrected chi connectivity index (χ1v) is 6.42. The Bertz CT molecular complexity index is 530. The van der Waals surface area contributed by atoms with Crippen molar-refractivity contribution in [1.29, 1.82) is 0 Å². The molecule has 1 N–H and O–H groups in total. The van der Waals surface area contributed by atoms with E-state index in [2.05, 4.69) is 9.71 Å². The summed E-state index contributed by atoms with van der Waals surface area (Å²) in [6.45, 7) is 5.48. The number of carbonyl (C=O) groups is 1. The van der Waals surface area contributed by atoms with E-state index in [9.17, 15) is 9.00 Å². The fraction of sp³-hybridized carbons (Fsp3) is 0.333. The number of nitrogens with one attached hydrogen (secondary N) is 1. The van der Waals surface area contributed by atoms with Crippen LogP contribution in [-0.4, -0.2) is 20.6 Å². The van der Waals surface area contributed by atoms with E-state index >= 15 is 0 Å². The van der Waals surface area contributed by atoms with Gasteiger partial charge in [-0.3, -0.25) is 4.79 Å². The Hall–Kier alpha value is -1.49. The Balaban J connectivity index is 2.44. The first-order chi connectivity index (χ1) is 7.89. The second-order valence-corrected chi connectivity index (χ2v) is 6.71. The number of para-hydroxylation sites is 1. The fourth-order valence-electron chi connectivity index (χ4n) is 1.41. The molecule has 17 heavy (non-hydrogen) atoms. The molecule has 5 heteroatoms. The fourth-order valence-corrected chi connectivity index (χ4v) is 2.03. The van der Waals surface area contributed by atoms with Crippen LogP contribution in [-0.2, 0) is 15.8 Å². The van der Waals surface area contributed by atoms with Gasteiger partial charge in [-0.1, -0.05) is 18.2 Å². The van der Waals surface area contributed by atoms with Crippen LogP contribution in [0.2, 0.25) is 0 Å². The molecule has 0 saturated carbocycles. The lowest BCUT2D eigenvalue weighted by Gasteiger charge is -2.13. The molecule has 0 fully saturated rings. The van der Waals surface area contributed by atoms with Crippen LogP contribution in [0.5, 0.6) is 0 Å². The van der Waals surface area contributed by atoms with Gasteiger partial charge in [0.2, 0.25) is 0 Å². The lowest BCUT2D eigenvalue weighted by atomic mass is 10.1. The van der Waals surface area contributed by atoms with Crippen molar-refractivity contribution in [2.45, 2.75) is 25.5 Å². The second kappa shape index (κ2) is 4.07. The van der Waals surface area contributed by atoms with Gasteiger partial charge in [0.15, 0.2) is 0 Å². The predicted octanol–water partition coefficient (Wildman–Crippen LogP) is 1.89. The zero-order valence-electron chi connectivity index (χ0n) is 9.98. The van der Waals surface area contributed by atoms with Crippen molar-refractivity contribution in [2.24, 2.45) is 4.40 Å². The van der Waals surface area contributed by atoms with Crippen molar-refractivity contribution in [3.05, 3.63) is 29.8 Å². The summed E-state index contributed by atoms with van der Waals surface area (Å²) in [6.07, 6.45) is 0.